The lowest BCUT2D eigenvalue weighted by Crippen LogP contribution is -2.38. The number of aromatic amines is 1. The quantitative estimate of drug-likeness (QED) is 0.857. The smallest absolute Gasteiger partial charge is 0.274 e. The molecule has 0 aromatic carbocycles. The Bertz CT molecular complexity index is 908. The summed E-state index contributed by atoms with van der Waals surface area (Å²) in [4.78, 5) is 42.5. The Morgan fingerprint density at radius 3 is 2.65 bits per heavy atom. The first-order valence-corrected chi connectivity index (χ1v) is 8.84. The molecule has 0 unspecified atom stereocenters. The van der Waals surface area contributed by atoms with E-state index < -0.39 is 0 Å². The first-order chi connectivity index (χ1) is 12.5. The largest absolute Gasteiger partial charge is 0.339 e. The number of likely N-dealkylation sites (N-methyl/N-ethyl adjacent to an activating group) is 1. The minimum Gasteiger partial charge on any atom is -0.339 e. The van der Waals surface area contributed by atoms with E-state index in [2.05, 4.69) is 10.1 Å². The molecule has 0 radical (unpaired) electrons. The summed E-state index contributed by atoms with van der Waals surface area (Å²) in [6, 6.07) is 5.16. The Morgan fingerprint density at radius 2 is 1.92 bits per heavy atom. The van der Waals surface area contributed by atoms with E-state index in [1.165, 1.54) is 0 Å². The number of aromatic nitrogens is 3. The van der Waals surface area contributed by atoms with E-state index in [-0.39, 0.29) is 23.3 Å². The second-order valence-corrected chi connectivity index (χ2v) is 6.92. The molecular formula is C18H21N5O3. The molecule has 8 heteroatoms. The van der Waals surface area contributed by atoms with E-state index in [4.69, 9.17) is 0 Å². The van der Waals surface area contributed by atoms with Crippen molar-refractivity contribution < 1.29 is 9.59 Å². The number of amides is 2. The van der Waals surface area contributed by atoms with Gasteiger partial charge in [0.1, 0.15) is 5.69 Å². The average molecular weight is 355 g/mol. The molecule has 8 nitrogen and oxygen atoms in total. The van der Waals surface area contributed by atoms with E-state index in [0.717, 1.165) is 18.4 Å². The predicted molar refractivity (Wildman–Crippen MR) is 94.1 cm³/mol. The van der Waals surface area contributed by atoms with E-state index in [0.29, 0.717) is 37.6 Å². The molecule has 1 saturated heterocycles. The standard InChI is InChI=1S/C18H21N5O3/c1-21-8-9-23-15(18(21)26)11-14(20-23)17(25)22-6-3-12(4-7-22)13-2-5-19-16(24)10-13/h2,5,10-12H,3-4,6-9H2,1H3,(H,19,24). The number of fused-ring (bicyclic) bond motifs is 1. The Kier molecular flexibility index (Phi) is 4.10. The molecule has 0 aliphatic carbocycles. The van der Waals surface area contributed by atoms with Crippen molar-refractivity contribution in [3.8, 4) is 0 Å². The fourth-order valence-corrected chi connectivity index (χ4v) is 3.70. The monoisotopic (exact) mass is 355 g/mol. The van der Waals surface area contributed by atoms with Crippen LogP contribution < -0.4 is 5.56 Å². The fourth-order valence-electron chi connectivity index (χ4n) is 3.70. The summed E-state index contributed by atoms with van der Waals surface area (Å²) in [6.45, 7) is 2.44. The summed E-state index contributed by atoms with van der Waals surface area (Å²) in [5.41, 5.74) is 1.73. The van der Waals surface area contributed by atoms with Gasteiger partial charge in [-0.3, -0.25) is 19.1 Å². The molecule has 4 rings (SSSR count). The van der Waals surface area contributed by atoms with Crippen LogP contribution in [0.5, 0.6) is 0 Å². The number of H-pyrrole nitrogens is 1. The molecule has 2 amide bonds. The summed E-state index contributed by atoms with van der Waals surface area (Å²) >= 11 is 0. The molecule has 0 spiro atoms. The van der Waals surface area contributed by atoms with Crippen molar-refractivity contribution in [1.82, 2.24) is 24.6 Å². The van der Waals surface area contributed by atoms with Gasteiger partial charge in [-0.25, -0.2) is 0 Å². The third-order valence-electron chi connectivity index (χ3n) is 5.26. The third kappa shape index (κ3) is 2.91. The van der Waals surface area contributed by atoms with Gasteiger partial charge >= 0.3 is 0 Å². The number of nitrogens with zero attached hydrogens (tertiary/aromatic N) is 4. The van der Waals surface area contributed by atoms with E-state index in [9.17, 15) is 14.4 Å². The van der Waals surface area contributed by atoms with E-state index in [1.54, 1.807) is 39.9 Å². The number of hydrogen-bond acceptors (Lipinski definition) is 4. The maximum absolute atomic E-state index is 12.8. The van der Waals surface area contributed by atoms with Crippen molar-refractivity contribution >= 4 is 11.8 Å². The molecule has 26 heavy (non-hydrogen) atoms. The van der Waals surface area contributed by atoms with Gasteiger partial charge in [-0.15, -0.1) is 0 Å². The highest BCUT2D eigenvalue weighted by molar-refractivity contribution is 5.98. The van der Waals surface area contributed by atoms with Crippen LogP contribution in [0.15, 0.2) is 29.2 Å². The maximum atomic E-state index is 12.8. The Balaban J connectivity index is 1.45. The van der Waals surface area contributed by atoms with Crippen LogP contribution in [-0.2, 0) is 6.54 Å². The maximum Gasteiger partial charge on any atom is 0.274 e. The van der Waals surface area contributed by atoms with Gasteiger partial charge in [0.25, 0.3) is 11.8 Å². The lowest BCUT2D eigenvalue weighted by Gasteiger charge is -2.31. The molecule has 2 aromatic rings. The zero-order valence-electron chi connectivity index (χ0n) is 14.6. The minimum absolute atomic E-state index is 0.0979. The number of nitrogens with one attached hydrogen (secondary N) is 1. The van der Waals surface area contributed by atoms with Crippen LogP contribution in [0.3, 0.4) is 0 Å². The number of pyridine rings is 1. The van der Waals surface area contributed by atoms with Crippen LogP contribution in [0.4, 0.5) is 0 Å². The summed E-state index contributed by atoms with van der Waals surface area (Å²) in [5, 5.41) is 4.33. The molecule has 0 saturated carbocycles. The van der Waals surface area contributed by atoms with E-state index in [1.807, 2.05) is 6.07 Å². The average Bonchev–Trinajstić information content (AvgIpc) is 3.09. The SMILES string of the molecule is CN1CCn2nc(C(=O)N3CCC(c4cc[nH]c(=O)c4)CC3)cc2C1=O. The molecule has 0 bridgehead atoms. The van der Waals surface area contributed by atoms with Crippen LogP contribution in [0.25, 0.3) is 0 Å². The van der Waals surface area contributed by atoms with Crippen molar-refractivity contribution in [3.05, 3.63) is 51.7 Å². The van der Waals surface area contributed by atoms with Crippen molar-refractivity contribution in [2.45, 2.75) is 25.3 Å². The molecule has 2 aliphatic heterocycles. The first kappa shape index (κ1) is 16.6. The van der Waals surface area contributed by atoms with Gasteiger partial charge in [-0.2, -0.15) is 5.10 Å². The van der Waals surface area contributed by atoms with Crippen LogP contribution in [0.2, 0.25) is 0 Å². The van der Waals surface area contributed by atoms with E-state index >= 15 is 0 Å². The Labute approximate surface area is 150 Å². The second-order valence-electron chi connectivity index (χ2n) is 6.92. The minimum atomic E-state index is -0.133. The lowest BCUT2D eigenvalue weighted by molar-refractivity contribution is 0.0702. The number of hydrogen-bond donors (Lipinski definition) is 1. The topological polar surface area (TPSA) is 91.3 Å². The van der Waals surface area contributed by atoms with Gasteiger partial charge in [0, 0.05) is 45.0 Å². The Morgan fingerprint density at radius 1 is 1.15 bits per heavy atom. The van der Waals surface area contributed by atoms with Crippen molar-refractivity contribution in [3.63, 3.8) is 0 Å². The number of carbonyl (C=O) groups is 2. The van der Waals surface area contributed by atoms with Gasteiger partial charge < -0.3 is 14.8 Å². The van der Waals surface area contributed by atoms with Crippen molar-refractivity contribution in [1.29, 1.82) is 0 Å². The van der Waals surface area contributed by atoms with Crippen molar-refractivity contribution in [2.24, 2.45) is 0 Å². The van der Waals surface area contributed by atoms with Crippen LogP contribution in [0, 0.1) is 0 Å². The molecule has 4 heterocycles. The van der Waals surface area contributed by atoms with Gasteiger partial charge in [0.05, 0.1) is 6.54 Å². The summed E-state index contributed by atoms with van der Waals surface area (Å²) < 4.78 is 1.62. The third-order valence-corrected chi connectivity index (χ3v) is 5.26. The molecule has 2 aliphatic rings. The highest BCUT2D eigenvalue weighted by Gasteiger charge is 2.29. The summed E-state index contributed by atoms with van der Waals surface area (Å²) in [5.74, 6) is 0.0503. The molecule has 1 fully saturated rings. The molecule has 0 atom stereocenters. The zero-order chi connectivity index (χ0) is 18.3. The number of piperidine rings is 1. The normalized spacial score (nSPS) is 18.1. The summed E-state index contributed by atoms with van der Waals surface area (Å²) in [7, 11) is 1.75. The first-order valence-electron chi connectivity index (χ1n) is 8.84. The fraction of sp³-hybridized carbons (Fsp3) is 0.444. The van der Waals surface area contributed by atoms with Gasteiger partial charge in [-0.05, 0) is 30.4 Å². The van der Waals surface area contributed by atoms with Crippen LogP contribution >= 0.6 is 0 Å². The highest BCUT2D eigenvalue weighted by Crippen LogP contribution is 2.27. The lowest BCUT2D eigenvalue weighted by atomic mass is 9.90. The number of rotatable bonds is 2. The van der Waals surface area contributed by atoms with Gasteiger partial charge in [-0.1, -0.05) is 0 Å². The van der Waals surface area contributed by atoms with Gasteiger partial charge in [0.2, 0.25) is 5.56 Å². The summed E-state index contributed by atoms with van der Waals surface area (Å²) in [6.07, 6.45) is 3.29. The molecular weight excluding hydrogens is 334 g/mol. The molecule has 136 valence electrons. The van der Waals surface area contributed by atoms with Crippen molar-refractivity contribution in [2.75, 3.05) is 26.7 Å². The molecule has 2 aromatic heterocycles. The van der Waals surface area contributed by atoms with Crippen LogP contribution in [-0.4, -0.2) is 63.1 Å². The number of carbonyl (C=O) groups excluding carboxylic acids is 2. The van der Waals surface area contributed by atoms with Gasteiger partial charge in [0.15, 0.2) is 5.69 Å². The number of likely N-dealkylation sites (tertiary alicyclic amines) is 1. The Hall–Kier alpha value is -2.90. The highest BCUT2D eigenvalue weighted by atomic mass is 16.2. The zero-order valence-corrected chi connectivity index (χ0v) is 14.6. The molecule has 1 N–H and O–H groups in total. The predicted octanol–water partition coefficient (Wildman–Crippen LogP) is 0.677. The second kappa shape index (κ2) is 6.44. The van der Waals surface area contributed by atoms with Crippen LogP contribution in [0.1, 0.15) is 45.3 Å².